The molecule has 4 amide bonds. The van der Waals surface area contributed by atoms with Gasteiger partial charge in [0.15, 0.2) is 11.5 Å². The van der Waals surface area contributed by atoms with Gasteiger partial charge < -0.3 is 14.5 Å². The fourth-order valence-corrected chi connectivity index (χ4v) is 5.28. The Balaban J connectivity index is 1.07. The maximum Gasteiger partial charge on any atom is 0.331 e. The zero-order chi connectivity index (χ0) is 29.1. The van der Waals surface area contributed by atoms with Gasteiger partial charge in [-0.05, 0) is 56.7 Å². The van der Waals surface area contributed by atoms with Crippen molar-refractivity contribution in [3.63, 3.8) is 0 Å². The van der Waals surface area contributed by atoms with Crippen LogP contribution in [0.15, 0.2) is 36.8 Å². The van der Waals surface area contributed by atoms with Gasteiger partial charge in [0.1, 0.15) is 30.4 Å². The molecular weight excluding hydrogens is 538 g/mol. The topological polar surface area (TPSA) is 148 Å². The van der Waals surface area contributed by atoms with Gasteiger partial charge in [0, 0.05) is 49.2 Å². The first-order valence-electron chi connectivity index (χ1n) is 13.9. The quantitative estimate of drug-likeness (QED) is 0.317. The highest BCUT2D eigenvalue weighted by Gasteiger charge is 2.46. The van der Waals surface area contributed by atoms with Crippen LogP contribution in [0.1, 0.15) is 59.6 Å². The van der Waals surface area contributed by atoms with Gasteiger partial charge in [0.2, 0.25) is 11.8 Å². The van der Waals surface area contributed by atoms with Gasteiger partial charge in [-0.15, -0.1) is 10.2 Å². The first kappa shape index (κ1) is 26.0. The molecule has 3 aliphatic rings. The molecule has 2 aliphatic carbocycles. The number of carbonyl (C=O) groups excluding carboxylic acids is 3. The Hall–Kier alpha value is -4.94. The molecule has 7 rings (SSSR count). The third-order valence-electron chi connectivity index (χ3n) is 7.96. The predicted molar refractivity (Wildman–Crippen MR) is 150 cm³/mol. The molecule has 1 aliphatic heterocycles. The van der Waals surface area contributed by atoms with Crippen molar-refractivity contribution in [2.24, 2.45) is 5.92 Å². The summed E-state index contributed by atoms with van der Waals surface area (Å²) in [6.45, 7) is 3.78. The van der Waals surface area contributed by atoms with Crippen LogP contribution in [0.25, 0.3) is 5.65 Å². The predicted octanol–water partition coefficient (Wildman–Crippen LogP) is 3.13. The summed E-state index contributed by atoms with van der Waals surface area (Å²) < 4.78 is 7.97. The zero-order valence-corrected chi connectivity index (χ0v) is 23.4. The summed E-state index contributed by atoms with van der Waals surface area (Å²) in [6.07, 6.45) is 8.47. The molecule has 4 aromatic rings. The molecule has 0 aromatic carbocycles. The second-order valence-corrected chi connectivity index (χ2v) is 11.2. The Morgan fingerprint density at radius 3 is 2.69 bits per heavy atom. The van der Waals surface area contributed by atoms with E-state index in [2.05, 4.69) is 25.5 Å². The highest BCUT2D eigenvalue weighted by Crippen LogP contribution is 2.46. The maximum absolute atomic E-state index is 12.9. The Bertz CT molecular complexity index is 1770. The number of amides is 4. The van der Waals surface area contributed by atoms with Crippen LogP contribution in [-0.2, 0) is 16.2 Å². The van der Waals surface area contributed by atoms with Crippen molar-refractivity contribution in [1.29, 1.82) is 0 Å². The van der Waals surface area contributed by atoms with Crippen LogP contribution in [-0.4, -0.2) is 65.9 Å². The van der Waals surface area contributed by atoms with E-state index in [0.717, 1.165) is 29.0 Å². The van der Waals surface area contributed by atoms with E-state index < -0.39 is 0 Å². The number of urea groups is 1. The Morgan fingerprint density at radius 2 is 1.95 bits per heavy atom. The Morgan fingerprint density at radius 1 is 1.12 bits per heavy atom. The normalized spacial score (nSPS) is 20.0. The molecule has 2 unspecified atom stereocenters. The summed E-state index contributed by atoms with van der Waals surface area (Å²) in [7, 11) is 1.49. The van der Waals surface area contributed by atoms with Crippen molar-refractivity contribution >= 4 is 35.0 Å². The molecule has 42 heavy (non-hydrogen) atoms. The molecule has 13 nitrogen and oxygen atoms in total. The molecule has 0 spiro atoms. The summed E-state index contributed by atoms with van der Waals surface area (Å²) in [5.41, 5.74) is 4.36. The number of ether oxygens (including phenoxy) is 1. The van der Waals surface area contributed by atoms with Crippen molar-refractivity contribution in [3.05, 3.63) is 65.3 Å². The fraction of sp³-hybridized carbons (Fsp3) is 0.379. The minimum atomic E-state index is -0.368. The largest absolute Gasteiger partial charge is 0.485 e. The smallest absolute Gasteiger partial charge is 0.331 e. The summed E-state index contributed by atoms with van der Waals surface area (Å²) in [5.74, 6) is 1.25. The van der Waals surface area contributed by atoms with Crippen LogP contribution in [0, 0.1) is 19.8 Å². The van der Waals surface area contributed by atoms with E-state index in [1.54, 1.807) is 19.2 Å². The molecule has 13 heteroatoms. The summed E-state index contributed by atoms with van der Waals surface area (Å²) in [6, 6.07) is 5.08. The van der Waals surface area contributed by atoms with E-state index in [9.17, 15) is 14.4 Å². The van der Waals surface area contributed by atoms with E-state index in [1.807, 2.05) is 35.9 Å². The van der Waals surface area contributed by atoms with Gasteiger partial charge in [-0.2, -0.15) is 0 Å². The minimum Gasteiger partial charge on any atom is -0.485 e. The first-order valence-corrected chi connectivity index (χ1v) is 13.9. The van der Waals surface area contributed by atoms with Crippen molar-refractivity contribution in [2.75, 3.05) is 23.8 Å². The number of carbonyl (C=O) groups is 3. The minimum absolute atomic E-state index is 0.00577. The number of nitrogens with one attached hydrogen (secondary N) is 1. The van der Waals surface area contributed by atoms with E-state index in [4.69, 9.17) is 9.72 Å². The number of pyridine rings is 1. The van der Waals surface area contributed by atoms with Crippen molar-refractivity contribution in [1.82, 2.24) is 34.4 Å². The molecule has 214 valence electrons. The lowest BCUT2D eigenvalue weighted by Crippen LogP contribution is -2.30. The van der Waals surface area contributed by atoms with Gasteiger partial charge in [-0.25, -0.2) is 19.7 Å². The zero-order valence-electron chi connectivity index (χ0n) is 23.4. The number of rotatable bonds is 8. The number of aromatic nitrogens is 6. The summed E-state index contributed by atoms with van der Waals surface area (Å²) in [5, 5.41) is 11.1. The number of imidazole rings is 1. The molecule has 2 atom stereocenters. The standard InChI is InChI=1S/C29H29N9O4/c1-15-6-7-30-26(31-15)20-9-21(20)28(40)33-24-10-23(16(2)34-35-24)42-14-19-12-37-11-18(17-4-5-17)8-22(27(37)32-19)38-13-25(39)36(3)29(38)41/h6-8,10-12,17,20-21H,4-5,9,13-14H2,1-3H3,(H,33,35,40). The van der Waals surface area contributed by atoms with Crippen molar-refractivity contribution in [3.8, 4) is 5.75 Å². The molecule has 3 fully saturated rings. The van der Waals surface area contributed by atoms with Gasteiger partial charge >= 0.3 is 6.03 Å². The number of fused-ring (bicyclic) bond motifs is 1. The van der Waals surface area contributed by atoms with E-state index in [1.165, 1.54) is 11.9 Å². The number of hydrogen-bond donors (Lipinski definition) is 1. The van der Waals surface area contributed by atoms with Gasteiger partial charge in [-0.3, -0.25) is 19.4 Å². The lowest BCUT2D eigenvalue weighted by molar-refractivity contribution is -0.124. The average molecular weight is 568 g/mol. The maximum atomic E-state index is 12.9. The van der Waals surface area contributed by atoms with E-state index in [0.29, 0.717) is 52.5 Å². The molecular formula is C29H29N9O4. The number of anilines is 2. The summed E-state index contributed by atoms with van der Waals surface area (Å²) >= 11 is 0. The van der Waals surface area contributed by atoms with Crippen LogP contribution in [0.5, 0.6) is 5.75 Å². The second-order valence-electron chi connectivity index (χ2n) is 11.2. The van der Waals surface area contributed by atoms with Crippen LogP contribution < -0.4 is 15.0 Å². The molecule has 5 heterocycles. The van der Waals surface area contributed by atoms with Crippen molar-refractivity contribution in [2.45, 2.75) is 51.6 Å². The van der Waals surface area contributed by atoms with E-state index in [-0.39, 0.29) is 42.8 Å². The third kappa shape index (κ3) is 4.80. The van der Waals surface area contributed by atoms with Crippen LogP contribution in [0.2, 0.25) is 0 Å². The molecule has 2 saturated carbocycles. The van der Waals surface area contributed by atoms with Gasteiger partial charge in [0.05, 0.1) is 11.4 Å². The average Bonchev–Trinajstić information content (AvgIpc) is 3.90. The van der Waals surface area contributed by atoms with Crippen LogP contribution in [0.4, 0.5) is 16.3 Å². The van der Waals surface area contributed by atoms with Gasteiger partial charge in [-0.1, -0.05) is 0 Å². The monoisotopic (exact) mass is 567 g/mol. The van der Waals surface area contributed by atoms with Crippen molar-refractivity contribution < 1.29 is 19.1 Å². The lowest BCUT2D eigenvalue weighted by atomic mass is 10.1. The molecule has 0 radical (unpaired) electrons. The molecule has 1 saturated heterocycles. The third-order valence-corrected chi connectivity index (χ3v) is 7.96. The lowest BCUT2D eigenvalue weighted by Gasteiger charge is -2.17. The Kier molecular flexibility index (Phi) is 6.10. The molecule has 1 N–H and O–H groups in total. The van der Waals surface area contributed by atoms with E-state index >= 15 is 0 Å². The SMILES string of the molecule is Cc1ccnc(C2CC2C(=O)Nc2cc(OCc3cn4cc(C5CC5)cc(N5CC(=O)N(C)C5=O)c4n3)c(C)nn2)n1. The number of hydrogen-bond acceptors (Lipinski definition) is 9. The molecule has 4 aromatic heterocycles. The second kappa shape index (κ2) is 9.86. The highest BCUT2D eigenvalue weighted by molar-refractivity contribution is 6.13. The number of imide groups is 1. The summed E-state index contributed by atoms with van der Waals surface area (Å²) in [4.78, 5) is 54.0. The van der Waals surface area contributed by atoms with Gasteiger partial charge in [0.25, 0.3) is 0 Å². The number of nitrogens with zero attached hydrogens (tertiary/aromatic N) is 8. The fourth-order valence-electron chi connectivity index (χ4n) is 5.28. The Labute approximate surface area is 240 Å². The highest BCUT2D eigenvalue weighted by atomic mass is 16.5. The molecule has 0 bridgehead atoms. The first-order chi connectivity index (χ1) is 20.2. The van der Waals surface area contributed by atoms with Crippen LogP contribution in [0.3, 0.4) is 0 Å². The van der Waals surface area contributed by atoms with Crippen LogP contribution >= 0.6 is 0 Å². The number of likely N-dealkylation sites (N-methyl/N-ethyl adjacent to an activating group) is 1. The number of aryl methyl sites for hydroxylation is 2.